The minimum atomic E-state index is -0.284. The monoisotopic (exact) mass is 339 g/mol. The molecule has 25 heavy (non-hydrogen) atoms. The fourth-order valence-electron chi connectivity index (χ4n) is 2.09. The second kappa shape index (κ2) is 8.07. The van der Waals surface area contributed by atoms with Crippen LogP contribution in [0.3, 0.4) is 0 Å². The van der Waals surface area contributed by atoms with Crippen molar-refractivity contribution < 1.29 is 18.8 Å². The first-order valence-corrected chi connectivity index (χ1v) is 7.69. The number of carbonyl (C=O) groups excluding carboxylic acids is 1. The second-order valence-electron chi connectivity index (χ2n) is 5.22. The Hall–Kier alpha value is -3.19. The van der Waals surface area contributed by atoms with E-state index in [2.05, 4.69) is 15.5 Å². The predicted octanol–water partition coefficient (Wildman–Crippen LogP) is 3.33. The van der Waals surface area contributed by atoms with Gasteiger partial charge in [0.2, 0.25) is 5.91 Å². The van der Waals surface area contributed by atoms with E-state index in [1.54, 1.807) is 25.1 Å². The lowest BCUT2D eigenvalue weighted by molar-refractivity contribution is -0.121. The van der Waals surface area contributed by atoms with Crippen LogP contribution in [-0.4, -0.2) is 22.7 Å². The highest BCUT2D eigenvalue weighted by molar-refractivity contribution is 5.91. The van der Waals surface area contributed by atoms with Crippen LogP contribution in [0.4, 0.5) is 5.69 Å². The molecule has 0 spiro atoms. The normalized spacial score (nSPS) is 10.4. The Morgan fingerprint density at radius 1 is 1.12 bits per heavy atom. The fourth-order valence-corrected chi connectivity index (χ4v) is 2.09. The maximum atomic E-state index is 11.9. The van der Waals surface area contributed by atoms with Gasteiger partial charge in [-0.2, -0.15) is 4.98 Å². The molecule has 128 valence electrons. The summed E-state index contributed by atoms with van der Waals surface area (Å²) in [5, 5.41) is 6.39. The standard InChI is InChI=1S/C18H17N3O4/c1-13-19-18(25-21-13)12-23-11-17(22)20-14-6-5-9-16(10-14)24-15-7-3-2-4-8-15/h2-10H,11-12H2,1H3,(H,20,22). The van der Waals surface area contributed by atoms with Gasteiger partial charge in [-0.25, -0.2) is 0 Å². The molecule has 0 radical (unpaired) electrons. The SMILES string of the molecule is Cc1noc(COCC(=O)Nc2cccc(Oc3ccccc3)c2)n1. The lowest BCUT2D eigenvalue weighted by Crippen LogP contribution is -2.18. The lowest BCUT2D eigenvalue weighted by Gasteiger charge is -2.09. The van der Waals surface area contributed by atoms with Gasteiger partial charge < -0.3 is 19.3 Å². The minimum Gasteiger partial charge on any atom is -0.457 e. The van der Waals surface area contributed by atoms with Crippen LogP contribution >= 0.6 is 0 Å². The zero-order chi connectivity index (χ0) is 17.5. The molecule has 1 heterocycles. The van der Waals surface area contributed by atoms with E-state index in [-0.39, 0.29) is 19.1 Å². The van der Waals surface area contributed by atoms with Crippen LogP contribution in [0.2, 0.25) is 0 Å². The molecule has 0 saturated carbocycles. The van der Waals surface area contributed by atoms with Gasteiger partial charge >= 0.3 is 0 Å². The third-order valence-electron chi connectivity index (χ3n) is 3.13. The summed E-state index contributed by atoms with van der Waals surface area (Å²) in [7, 11) is 0. The highest BCUT2D eigenvalue weighted by atomic mass is 16.5. The zero-order valence-electron chi connectivity index (χ0n) is 13.6. The Morgan fingerprint density at radius 2 is 1.92 bits per heavy atom. The van der Waals surface area contributed by atoms with Crippen molar-refractivity contribution in [1.29, 1.82) is 0 Å². The minimum absolute atomic E-state index is 0.0887. The number of nitrogens with zero attached hydrogens (tertiary/aromatic N) is 2. The number of ether oxygens (including phenoxy) is 2. The molecule has 1 N–H and O–H groups in total. The molecular formula is C18H17N3O4. The second-order valence-corrected chi connectivity index (χ2v) is 5.22. The number of hydrogen-bond acceptors (Lipinski definition) is 6. The number of nitrogens with one attached hydrogen (secondary N) is 1. The molecule has 0 aliphatic rings. The van der Waals surface area contributed by atoms with Gasteiger partial charge in [0.15, 0.2) is 5.82 Å². The third-order valence-corrected chi connectivity index (χ3v) is 3.13. The molecule has 7 nitrogen and oxygen atoms in total. The Kier molecular flexibility index (Phi) is 5.38. The summed E-state index contributed by atoms with van der Waals surface area (Å²) in [6, 6.07) is 16.6. The van der Waals surface area contributed by atoms with Crippen LogP contribution in [0.15, 0.2) is 59.1 Å². The van der Waals surface area contributed by atoms with Gasteiger partial charge in [-0.1, -0.05) is 29.4 Å². The summed E-state index contributed by atoms with van der Waals surface area (Å²) in [5.41, 5.74) is 0.621. The molecule has 0 unspecified atom stereocenters. The number of rotatable bonds is 7. The van der Waals surface area contributed by atoms with Crippen LogP contribution < -0.4 is 10.1 Å². The molecule has 3 rings (SSSR count). The summed E-state index contributed by atoms with van der Waals surface area (Å²) in [4.78, 5) is 15.9. The van der Waals surface area contributed by atoms with Gasteiger partial charge in [-0.15, -0.1) is 0 Å². The van der Waals surface area contributed by atoms with E-state index < -0.39 is 0 Å². The molecule has 0 aliphatic carbocycles. The molecular weight excluding hydrogens is 322 g/mol. The Bertz CT molecular complexity index is 833. The largest absolute Gasteiger partial charge is 0.457 e. The Balaban J connectivity index is 1.50. The molecule has 0 atom stereocenters. The topological polar surface area (TPSA) is 86.5 Å². The fraction of sp³-hybridized carbons (Fsp3) is 0.167. The summed E-state index contributed by atoms with van der Waals surface area (Å²) in [6.07, 6.45) is 0. The summed E-state index contributed by atoms with van der Waals surface area (Å²) < 4.78 is 15.9. The van der Waals surface area contributed by atoms with Gasteiger partial charge in [-0.3, -0.25) is 4.79 Å². The van der Waals surface area contributed by atoms with E-state index in [4.69, 9.17) is 14.0 Å². The molecule has 7 heteroatoms. The first-order valence-electron chi connectivity index (χ1n) is 7.69. The molecule has 1 amide bonds. The van der Waals surface area contributed by atoms with E-state index in [1.807, 2.05) is 36.4 Å². The molecule has 3 aromatic rings. The predicted molar refractivity (Wildman–Crippen MR) is 90.3 cm³/mol. The van der Waals surface area contributed by atoms with Gasteiger partial charge in [0.1, 0.15) is 24.7 Å². The highest BCUT2D eigenvalue weighted by Gasteiger charge is 2.07. The van der Waals surface area contributed by atoms with E-state index in [0.29, 0.717) is 23.2 Å². The maximum Gasteiger partial charge on any atom is 0.252 e. The molecule has 0 saturated heterocycles. The van der Waals surface area contributed by atoms with Crippen molar-refractivity contribution in [3.05, 3.63) is 66.3 Å². The highest BCUT2D eigenvalue weighted by Crippen LogP contribution is 2.23. The van der Waals surface area contributed by atoms with E-state index in [0.717, 1.165) is 5.75 Å². The average molecular weight is 339 g/mol. The summed E-state index contributed by atoms with van der Waals surface area (Å²) >= 11 is 0. The lowest BCUT2D eigenvalue weighted by atomic mass is 10.3. The maximum absolute atomic E-state index is 11.9. The third kappa shape index (κ3) is 5.15. The van der Waals surface area contributed by atoms with Crippen LogP contribution in [0.5, 0.6) is 11.5 Å². The molecule has 0 fully saturated rings. The van der Waals surface area contributed by atoms with Crippen molar-refractivity contribution in [2.24, 2.45) is 0 Å². The van der Waals surface area contributed by atoms with Gasteiger partial charge in [-0.05, 0) is 31.2 Å². The Labute approximate surface area is 144 Å². The van der Waals surface area contributed by atoms with Gasteiger partial charge in [0, 0.05) is 11.8 Å². The first kappa shape index (κ1) is 16.7. The van der Waals surface area contributed by atoms with Crippen molar-refractivity contribution >= 4 is 11.6 Å². The molecule has 0 bridgehead atoms. The van der Waals surface area contributed by atoms with Crippen LogP contribution in [0.25, 0.3) is 0 Å². The zero-order valence-corrected chi connectivity index (χ0v) is 13.6. The smallest absolute Gasteiger partial charge is 0.252 e. The van der Waals surface area contributed by atoms with Crippen LogP contribution in [0, 0.1) is 6.92 Å². The molecule has 1 aromatic heterocycles. The number of aryl methyl sites for hydroxylation is 1. The number of amides is 1. The van der Waals surface area contributed by atoms with Crippen molar-refractivity contribution in [1.82, 2.24) is 10.1 Å². The molecule has 2 aromatic carbocycles. The van der Waals surface area contributed by atoms with Crippen LogP contribution in [0.1, 0.15) is 11.7 Å². The van der Waals surface area contributed by atoms with E-state index in [1.165, 1.54) is 0 Å². The van der Waals surface area contributed by atoms with Crippen molar-refractivity contribution in [3.8, 4) is 11.5 Å². The van der Waals surface area contributed by atoms with Gasteiger partial charge in [0.05, 0.1) is 0 Å². The number of para-hydroxylation sites is 1. The average Bonchev–Trinajstić information content (AvgIpc) is 3.01. The van der Waals surface area contributed by atoms with Crippen LogP contribution in [-0.2, 0) is 16.1 Å². The summed E-state index contributed by atoms with van der Waals surface area (Å²) in [6.45, 7) is 1.68. The number of aromatic nitrogens is 2. The van der Waals surface area contributed by atoms with Gasteiger partial charge in [0.25, 0.3) is 5.89 Å². The Morgan fingerprint density at radius 3 is 2.68 bits per heavy atom. The number of hydrogen-bond donors (Lipinski definition) is 1. The molecule has 0 aliphatic heterocycles. The van der Waals surface area contributed by atoms with Crippen molar-refractivity contribution in [3.63, 3.8) is 0 Å². The number of carbonyl (C=O) groups is 1. The quantitative estimate of drug-likeness (QED) is 0.710. The van der Waals surface area contributed by atoms with E-state index in [9.17, 15) is 4.79 Å². The van der Waals surface area contributed by atoms with Crippen molar-refractivity contribution in [2.75, 3.05) is 11.9 Å². The van der Waals surface area contributed by atoms with E-state index >= 15 is 0 Å². The van der Waals surface area contributed by atoms with Crippen molar-refractivity contribution in [2.45, 2.75) is 13.5 Å². The first-order chi connectivity index (χ1) is 12.2. The summed E-state index contributed by atoms with van der Waals surface area (Å²) in [5.74, 6) is 1.94. The number of anilines is 1. The number of benzene rings is 2.